The van der Waals surface area contributed by atoms with Crippen LogP contribution >= 0.6 is 10.7 Å². The fraction of sp³-hybridized carbons (Fsp3) is 0.944. The van der Waals surface area contributed by atoms with Gasteiger partial charge in [-0.2, -0.15) is 8.42 Å². The summed E-state index contributed by atoms with van der Waals surface area (Å²) in [6.45, 7) is 7.84. The molecule has 2 aliphatic carbocycles. The van der Waals surface area contributed by atoms with Crippen molar-refractivity contribution in [2.24, 2.45) is 28.6 Å². The third-order valence-electron chi connectivity index (χ3n) is 5.73. The van der Waals surface area contributed by atoms with E-state index in [0.717, 1.165) is 18.8 Å². The van der Waals surface area contributed by atoms with Crippen molar-refractivity contribution in [3.05, 3.63) is 0 Å². The van der Waals surface area contributed by atoms with Crippen LogP contribution in [0.15, 0.2) is 0 Å². The molecule has 5 nitrogen and oxygen atoms in total. The summed E-state index contributed by atoms with van der Waals surface area (Å²) in [5, 5.41) is 0. The Labute approximate surface area is 156 Å². The molecule has 7 heteroatoms. The second kappa shape index (κ2) is 7.73. The Morgan fingerprint density at radius 3 is 2.20 bits per heavy atom. The summed E-state index contributed by atoms with van der Waals surface area (Å²) in [5.74, 6) is 1.87. The molecule has 0 N–H and O–H groups in total. The largest absolute Gasteiger partial charge is 0.465 e. The number of rotatable bonds is 7. The Bertz CT molecular complexity index is 572. The summed E-state index contributed by atoms with van der Waals surface area (Å²) >= 11 is 0. The van der Waals surface area contributed by atoms with Gasteiger partial charge < -0.3 is 4.74 Å². The van der Waals surface area contributed by atoms with E-state index in [-0.39, 0.29) is 19.2 Å². The topological polar surface area (TPSA) is 69.7 Å². The maximum Gasteiger partial charge on any atom is 0.355 e. The van der Waals surface area contributed by atoms with Gasteiger partial charge in [0.05, 0.1) is 18.6 Å². The molecule has 0 aromatic carbocycles. The molecule has 146 valence electrons. The van der Waals surface area contributed by atoms with Crippen LogP contribution < -0.4 is 0 Å². The molecule has 2 rings (SSSR count). The van der Waals surface area contributed by atoms with E-state index >= 15 is 0 Å². The fourth-order valence-corrected chi connectivity index (χ4v) is 5.19. The standard InChI is InChI=1S/C18H31ClO5S/c1-5-13-6-14-8-15(7-13)10-18(4,9-14)16(20)23-11-17(2,3)12-24-25(19,21)22/h13-15H,5-12H2,1-4H3. The Hall–Kier alpha value is -0.330. The highest BCUT2D eigenvalue weighted by atomic mass is 35.7. The van der Waals surface area contributed by atoms with Crippen molar-refractivity contribution in [2.45, 2.75) is 66.2 Å². The minimum absolute atomic E-state index is 0.112. The van der Waals surface area contributed by atoms with Gasteiger partial charge in [-0.15, -0.1) is 0 Å². The van der Waals surface area contributed by atoms with Crippen molar-refractivity contribution in [1.29, 1.82) is 0 Å². The lowest BCUT2D eigenvalue weighted by molar-refractivity contribution is -0.164. The number of carbonyl (C=O) groups excluding carboxylic acids is 1. The molecular formula is C18H31ClO5S. The van der Waals surface area contributed by atoms with Gasteiger partial charge in [0.2, 0.25) is 0 Å². The molecule has 0 saturated heterocycles. The summed E-state index contributed by atoms with van der Waals surface area (Å²) in [4.78, 5) is 12.7. The normalized spacial score (nSPS) is 33.1. The van der Waals surface area contributed by atoms with Crippen LogP contribution in [0.2, 0.25) is 0 Å². The van der Waals surface area contributed by atoms with Gasteiger partial charge in [0.25, 0.3) is 0 Å². The molecule has 0 aliphatic heterocycles. The smallest absolute Gasteiger partial charge is 0.355 e. The van der Waals surface area contributed by atoms with E-state index in [1.165, 1.54) is 25.7 Å². The average Bonchev–Trinajstić information content (AvgIpc) is 2.49. The van der Waals surface area contributed by atoms with E-state index < -0.39 is 20.2 Å². The first kappa shape index (κ1) is 21.0. The van der Waals surface area contributed by atoms with Crippen LogP contribution in [-0.4, -0.2) is 27.6 Å². The highest BCUT2D eigenvalue weighted by Gasteiger charge is 2.46. The molecule has 2 atom stereocenters. The summed E-state index contributed by atoms with van der Waals surface area (Å²) in [6.07, 6.45) is 6.71. The number of esters is 1. The molecule has 2 aliphatic rings. The van der Waals surface area contributed by atoms with Crippen molar-refractivity contribution in [3.63, 3.8) is 0 Å². The molecule has 0 radical (unpaired) electrons. The number of hydrogen-bond donors (Lipinski definition) is 0. The first-order chi connectivity index (χ1) is 11.4. The van der Waals surface area contributed by atoms with Gasteiger partial charge in [-0.25, -0.2) is 0 Å². The summed E-state index contributed by atoms with van der Waals surface area (Å²) in [6, 6.07) is 0. The van der Waals surface area contributed by atoms with Crippen molar-refractivity contribution in [3.8, 4) is 0 Å². The van der Waals surface area contributed by atoms with Gasteiger partial charge in [0, 0.05) is 16.1 Å². The number of fused-ring (bicyclic) bond motifs is 2. The molecule has 0 heterocycles. The molecule has 0 amide bonds. The zero-order valence-electron chi connectivity index (χ0n) is 15.7. The zero-order chi connectivity index (χ0) is 18.9. The van der Waals surface area contributed by atoms with Crippen molar-refractivity contribution in [1.82, 2.24) is 0 Å². The Balaban J connectivity index is 1.90. The lowest BCUT2D eigenvalue weighted by Gasteiger charge is -2.46. The van der Waals surface area contributed by atoms with Gasteiger partial charge >= 0.3 is 15.3 Å². The SMILES string of the molecule is CCC1CC2CC(C1)CC(C)(C(=O)OCC(C)(C)COS(=O)(=O)Cl)C2. The van der Waals surface area contributed by atoms with Crippen LogP contribution in [0.1, 0.15) is 66.2 Å². The maximum atomic E-state index is 12.7. The van der Waals surface area contributed by atoms with Gasteiger partial charge in [0.1, 0.15) is 0 Å². The van der Waals surface area contributed by atoms with Crippen molar-refractivity contribution < 1.29 is 22.1 Å². The highest BCUT2D eigenvalue weighted by Crippen LogP contribution is 2.51. The van der Waals surface area contributed by atoms with Crippen LogP contribution in [0.4, 0.5) is 0 Å². The summed E-state index contributed by atoms with van der Waals surface area (Å²) in [5.41, 5.74) is -1.05. The van der Waals surface area contributed by atoms with E-state index in [9.17, 15) is 13.2 Å². The Kier molecular flexibility index (Phi) is 6.49. The zero-order valence-corrected chi connectivity index (χ0v) is 17.3. The van der Waals surface area contributed by atoms with Gasteiger partial charge in [-0.1, -0.05) is 27.2 Å². The number of carbonyl (C=O) groups is 1. The molecular weight excluding hydrogens is 364 g/mol. The van der Waals surface area contributed by atoms with Crippen molar-refractivity contribution in [2.75, 3.05) is 13.2 Å². The van der Waals surface area contributed by atoms with Crippen molar-refractivity contribution >= 4 is 26.0 Å². The van der Waals surface area contributed by atoms with Crippen LogP contribution in [0.25, 0.3) is 0 Å². The van der Waals surface area contributed by atoms with Crippen LogP contribution in [0, 0.1) is 28.6 Å². The quantitative estimate of drug-likeness (QED) is 0.475. The average molecular weight is 395 g/mol. The lowest BCUT2D eigenvalue weighted by Crippen LogP contribution is -2.43. The third kappa shape index (κ3) is 6.10. The second-order valence-electron chi connectivity index (χ2n) is 9.08. The molecule has 0 spiro atoms. The molecule has 25 heavy (non-hydrogen) atoms. The van der Waals surface area contributed by atoms with E-state index in [1.54, 1.807) is 13.8 Å². The molecule has 2 saturated carbocycles. The minimum Gasteiger partial charge on any atom is -0.465 e. The first-order valence-corrected chi connectivity index (χ1v) is 11.4. The molecule has 0 aromatic rings. The summed E-state index contributed by atoms with van der Waals surface area (Å²) in [7, 11) is 1.05. The van der Waals surface area contributed by atoms with E-state index in [2.05, 4.69) is 11.1 Å². The van der Waals surface area contributed by atoms with Gasteiger partial charge in [-0.05, 0) is 56.8 Å². The number of halogens is 1. The summed E-state index contributed by atoms with van der Waals surface area (Å²) < 4.78 is 32.0. The van der Waals surface area contributed by atoms with Crippen LogP contribution in [0.3, 0.4) is 0 Å². The predicted octanol–water partition coefficient (Wildman–Crippen LogP) is 4.30. The maximum absolute atomic E-state index is 12.7. The van der Waals surface area contributed by atoms with Gasteiger partial charge in [0.15, 0.2) is 0 Å². The lowest BCUT2D eigenvalue weighted by atomic mass is 9.59. The van der Waals surface area contributed by atoms with E-state index in [4.69, 9.17) is 15.4 Å². The molecule has 0 aromatic heterocycles. The number of hydrogen-bond acceptors (Lipinski definition) is 5. The number of ether oxygens (including phenoxy) is 1. The predicted molar refractivity (Wildman–Crippen MR) is 97.4 cm³/mol. The third-order valence-corrected chi connectivity index (χ3v) is 6.40. The Morgan fingerprint density at radius 2 is 1.72 bits per heavy atom. The highest BCUT2D eigenvalue weighted by molar-refractivity contribution is 8.09. The molecule has 2 fully saturated rings. The van der Waals surface area contributed by atoms with Gasteiger partial charge in [-0.3, -0.25) is 8.98 Å². The van der Waals surface area contributed by atoms with Crippen LogP contribution in [0.5, 0.6) is 0 Å². The Morgan fingerprint density at radius 1 is 1.16 bits per heavy atom. The minimum atomic E-state index is -4.01. The first-order valence-electron chi connectivity index (χ1n) is 9.19. The fourth-order valence-electron chi connectivity index (χ4n) is 4.60. The van der Waals surface area contributed by atoms with E-state index in [1.807, 2.05) is 6.92 Å². The monoisotopic (exact) mass is 394 g/mol. The molecule has 2 bridgehead atoms. The van der Waals surface area contributed by atoms with E-state index in [0.29, 0.717) is 11.8 Å². The van der Waals surface area contributed by atoms with Crippen LogP contribution in [-0.2, 0) is 23.0 Å². The second-order valence-corrected chi connectivity index (χ2v) is 11.2. The molecule has 2 unspecified atom stereocenters.